The van der Waals surface area contributed by atoms with Crippen LogP contribution >= 0.6 is 12.4 Å². The van der Waals surface area contributed by atoms with Crippen LogP contribution in [0.3, 0.4) is 0 Å². The van der Waals surface area contributed by atoms with Crippen LogP contribution in [-0.2, 0) is 19.4 Å². The van der Waals surface area contributed by atoms with Gasteiger partial charge in [-0.05, 0) is 37.5 Å². The maximum Gasteiger partial charge on any atom is 0.228 e. The van der Waals surface area contributed by atoms with Gasteiger partial charge in [-0.25, -0.2) is 8.42 Å². The van der Waals surface area contributed by atoms with E-state index in [1.54, 1.807) is 7.11 Å². The number of methoxy groups -OCH3 is 1. The second-order valence-electron chi connectivity index (χ2n) is 7.68. The zero-order chi connectivity index (χ0) is 16.7. The van der Waals surface area contributed by atoms with Crippen molar-refractivity contribution in [3.05, 3.63) is 0 Å². The molecule has 3 fully saturated rings. The molecular weight excluding hydrogens is 352 g/mol. The SMILES string of the molecule is COCC1(C(=O)N[C@H]2CN(CCS(C)(=O)=O)C[C@@H]2C2CC2)CC1.Cl. The molecule has 0 bridgehead atoms. The highest BCUT2D eigenvalue weighted by Crippen LogP contribution is 2.47. The van der Waals surface area contributed by atoms with Crippen LogP contribution in [0.5, 0.6) is 0 Å². The van der Waals surface area contributed by atoms with Gasteiger partial charge in [0.2, 0.25) is 5.91 Å². The van der Waals surface area contributed by atoms with Gasteiger partial charge in [-0.15, -0.1) is 12.4 Å². The zero-order valence-electron chi connectivity index (χ0n) is 14.5. The monoisotopic (exact) mass is 380 g/mol. The van der Waals surface area contributed by atoms with Crippen LogP contribution in [-0.4, -0.2) is 70.6 Å². The lowest BCUT2D eigenvalue weighted by atomic mass is 9.97. The minimum atomic E-state index is -2.94. The summed E-state index contributed by atoms with van der Waals surface area (Å²) in [6.07, 6.45) is 5.57. The van der Waals surface area contributed by atoms with E-state index in [0.29, 0.717) is 25.0 Å². The summed E-state index contributed by atoms with van der Waals surface area (Å²) in [4.78, 5) is 14.8. The van der Waals surface area contributed by atoms with Crippen molar-refractivity contribution in [3.8, 4) is 0 Å². The molecule has 2 aliphatic carbocycles. The Labute approximate surface area is 151 Å². The van der Waals surface area contributed by atoms with Gasteiger partial charge in [-0.2, -0.15) is 0 Å². The third-order valence-corrected chi connectivity index (χ3v) is 6.44. The number of carbonyl (C=O) groups excluding carboxylic acids is 1. The molecule has 8 heteroatoms. The normalized spacial score (nSPS) is 29.1. The number of nitrogens with zero attached hydrogens (tertiary/aromatic N) is 1. The van der Waals surface area contributed by atoms with Gasteiger partial charge < -0.3 is 10.1 Å². The summed E-state index contributed by atoms with van der Waals surface area (Å²) in [5, 5.41) is 3.25. The van der Waals surface area contributed by atoms with E-state index in [0.717, 1.165) is 25.9 Å². The topological polar surface area (TPSA) is 75.7 Å². The van der Waals surface area contributed by atoms with E-state index >= 15 is 0 Å². The Morgan fingerprint density at radius 2 is 1.96 bits per heavy atom. The molecule has 0 aromatic heterocycles. The molecule has 0 aromatic carbocycles. The summed E-state index contributed by atoms with van der Waals surface area (Å²) in [7, 11) is -1.30. The molecule has 24 heavy (non-hydrogen) atoms. The lowest BCUT2D eigenvalue weighted by molar-refractivity contribution is -0.129. The molecular formula is C16H29ClN2O4S. The van der Waals surface area contributed by atoms with Crippen molar-refractivity contribution in [1.29, 1.82) is 0 Å². The first-order valence-electron chi connectivity index (χ1n) is 8.53. The summed E-state index contributed by atoms with van der Waals surface area (Å²) in [5.41, 5.74) is -0.303. The molecule has 140 valence electrons. The number of likely N-dealkylation sites (tertiary alicyclic amines) is 1. The van der Waals surface area contributed by atoms with Crippen molar-refractivity contribution in [3.63, 3.8) is 0 Å². The second-order valence-corrected chi connectivity index (χ2v) is 9.94. The van der Waals surface area contributed by atoms with Crippen LogP contribution in [0.15, 0.2) is 0 Å². The van der Waals surface area contributed by atoms with E-state index in [9.17, 15) is 13.2 Å². The van der Waals surface area contributed by atoms with Gasteiger partial charge in [0.05, 0.1) is 17.8 Å². The summed E-state index contributed by atoms with van der Waals surface area (Å²) in [6, 6.07) is 0.156. The summed E-state index contributed by atoms with van der Waals surface area (Å²) in [6.45, 7) is 2.74. The van der Waals surface area contributed by atoms with Crippen molar-refractivity contribution >= 4 is 28.2 Å². The highest BCUT2D eigenvalue weighted by Gasteiger charge is 2.52. The lowest BCUT2D eigenvalue weighted by Crippen LogP contribution is -2.45. The van der Waals surface area contributed by atoms with Crippen LogP contribution in [0.1, 0.15) is 25.7 Å². The molecule has 0 spiro atoms. The molecule has 0 radical (unpaired) electrons. The molecule has 1 N–H and O–H groups in total. The standard InChI is InChI=1S/C16H28N2O4S.ClH/c1-22-11-16(5-6-16)15(19)17-14-10-18(7-8-23(2,20)21)9-13(14)12-3-4-12;/h12-14H,3-11H2,1-2H3,(H,17,19);1H/t13-,14+;/m1./s1. The largest absolute Gasteiger partial charge is 0.384 e. The Hall–Kier alpha value is -0.370. The van der Waals surface area contributed by atoms with Gasteiger partial charge in [0.25, 0.3) is 0 Å². The molecule has 1 heterocycles. The van der Waals surface area contributed by atoms with Crippen LogP contribution in [0, 0.1) is 17.3 Å². The Kier molecular flexibility index (Phi) is 6.21. The van der Waals surface area contributed by atoms with E-state index in [2.05, 4.69) is 10.2 Å². The minimum Gasteiger partial charge on any atom is -0.384 e. The fourth-order valence-electron chi connectivity index (χ4n) is 3.73. The van der Waals surface area contributed by atoms with E-state index in [4.69, 9.17) is 4.74 Å². The Morgan fingerprint density at radius 1 is 1.29 bits per heavy atom. The number of rotatable bonds is 8. The van der Waals surface area contributed by atoms with Crippen LogP contribution in [0.2, 0.25) is 0 Å². The number of ether oxygens (including phenoxy) is 1. The number of sulfone groups is 1. The Bertz CT molecular complexity index is 560. The maximum absolute atomic E-state index is 12.6. The van der Waals surface area contributed by atoms with Gasteiger partial charge in [0, 0.05) is 39.0 Å². The third-order valence-electron chi connectivity index (χ3n) is 5.52. The van der Waals surface area contributed by atoms with Crippen LogP contribution in [0.25, 0.3) is 0 Å². The number of hydrogen-bond donors (Lipinski definition) is 1. The second kappa shape index (κ2) is 7.48. The molecule has 1 saturated heterocycles. The zero-order valence-corrected chi connectivity index (χ0v) is 16.1. The molecule has 3 rings (SSSR count). The number of nitrogens with one attached hydrogen (secondary N) is 1. The molecule has 1 aliphatic heterocycles. The van der Waals surface area contributed by atoms with Crippen LogP contribution in [0.4, 0.5) is 0 Å². The van der Waals surface area contributed by atoms with Crippen molar-refractivity contribution in [2.45, 2.75) is 31.7 Å². The number of halogens is 1. The highest BCUT2D eigenvalue weighted by atomic mass is 35.5. The fourth-order valence-corrected chi connectivity index (χ4v) is 4.32. The molecule has 0 unspecified atom stereocenters. The molecule has 3 aliphatic rings. The van der Waals surface area contributed by atoms with Crippen molar-refractivity contribution in [2.75, 3.05) is 45.4 Å². The van der Waals surface area contributed by atoms with Crippen molar-refractivity contribution in [2.24, 2.45) is 17.3 Å². The van der Waals surface area contributed by atoms with Gasteiger partial charge in [-0.3, -0.25) is 9.69 Å². The molecule has 0 aromatic rings. The number of amides is 1. The molecule has 1 amide bonds. The fraction of sp³-hybridized carbons (Fsp3) is 0.938. The summed E-state index contributed by atoms with van der Waals surface area (Å²) in [5.74, 6) is 1.48. The van der Waals surface area contributed by atoms with Crippen molar-refractivity contribution < 1.29 is 17.9 Å². The van der Waals surface area contributed by atoms with E-state index < -0.39 is 9.84 Å². The molecule has 2 saturated carbocycles. The lowest BCUT2D eigenvalue weighted by Gasteiger charge is -2.23. The Morgan fingerprint density at radius 3 is 2.46 bits per heavy atom. The van der Waals surface area contributed by atoms with Crippen LogP contribution < -0.4 is 5.32 Å². The summed E-state index contributed by atoms with van der Waals surface area (Å²) < 4.78 is 28.0. The van der Waals surface area contributed by atoms with E-state index in [1.807, 2.05) is 0 Å². The average molecular weight is 381 g/mol. The molecule has 2 atom stereocenters. The van der Waals surface area contributed by atoms with Gasteiger partial charge in [0.1, 0.15) is 9.84 Å². The van der Waals surface area contributed by atoms with E-state index in [1.165, 1.54) is 19.1 Å². The minimum absolute atomic E-state index is 0. The van der Waals surface area contributed by atoms with Gasteiger partial charge in [0.15, 0.2) is 0 Å². The average Bonchev–Trinajstić information content (AvgIpc) is 3.37. The predicted molar refractivity (Wildman–Crippen MR) is 95.1 cm³/mol. The number of hydrogen-bond acceptors (Lipinski definition) is 5. The number of carbonyl (C=O) groups is 1. The predicted octanol–water partition coefficient (Wildman–Crippen LogP) is 0.706. The maximum atomic E-state index is 12.6. The Balaban J connectivity index is 0.00000208. The first-order chi connectivity index (χ1) is 10.8. The highest BCUT2D eigenvalue weighted by molar-refractivity contribution is 7.90. The quantitative estimate of drug-likeness (QED) is 0.671. The van der Waals surface area contributed by atoms with Crippen molar-refractivity contribution in [1.82, 2.24) is 10.2 Å². The summed E-state index contributed by atoms with van der Waals surface area (Å²) >= 11 is 0. The smallest absolute Gasteiger partial charge is 0.228 e. The van der Waals surface area contributed by atoms with E-state index in [-0.39, 0.29) is 35.5 Å². The first kappa shape index (κ1) is 19.9. The third kappa shape index (κ3) is 4.84. The molecule has 6 nitrogen and oxygen atoms in total. The van der Waals surface area contributed by atoms with Gasteiger partial charge >= 0.3 is 0 Å². The first-order valence-corrected chi connectivity index (χ1v) is 10.6. The van der Waals surface area contributed by atoms with Gasteiger partial charge in [-0.1, -0.05) is 0 Å².